The fourth-order valence-electron chi connectivity index (χ4n) is 3.02. The molecule has 0 unspecified atom stereocenters. The van der Waals surface area contributed by atoms with Crippen LogP contribution in [0, 0.1) is 0 Å². The van der Waals surface area contributed by atoms with E-state index in [0.717, 1.165) is 25.7 Å². The fourth-order valence-corrected chi connectivity index (χ4v) is 3.02. The van der Waals surface area contributed by atoms with Crippen LogP contribution in [-0.2, 0) is 9.53 Å². The average Bonchev–Trinajstić information content (AvgIpc) is 2.77. The first-order valence-electron chi connectivity index (χ1n) is 6.80. The molecule has 0 radical (unpaired) electrons. The van der Waals surface area contributed by atoms with Gasteiger partial charge in [0.1, 0.15) is 0 Å². The summed E-state index contributed by atoms with van der Waals surface area (Å²) in [4.78, 5) is 13.9. The van der Waals surface area contributed by atoms with Crippen LogP contribution in [0.5, 0.6) is 0 Å². The molecule has 0 bridgehead atoms. The molecule has 1 aliphatic heterocycles. The Hall–Kier alpha value is -0.650. The molecule has 5 nitrogen and oxygen atoms in total. The Morgan fingerprint density at radius 1 is 1.28 bits per heavy atom. The van der Waals surface area contributed by atoms with Crippen molar-refractivity contribution in [1.29, 1.82) is 0 Å². The van der Waals surface area contributed by atoms with E-state index in [-0.39, 0.29) is 5.91 Å². The summed E-state index contributed by atoms with van der Waals surface area (Å²) in [5, 5.41) is 10.4. The first-order valence-corrected chi connectivity index (χ1v) is 6.80. The lowest BCUT2D eigenvalue weighted by Crippen LogP contribution is -2.56. The molecule has 104 valence electrons. The number of nitrogens with two attached hydrogens (primary N) is 1. The van der Waals surface area contributed by atoms with Crippen LogP contribution in [0.2, 0.25) is 0 Å². The summed E-state index contributed by atoms with van der Waals surface area (Å²) < 4.78 is 5.24. The molecule has 2 aliphatic rings. The molecule has 0 atom stereocenters. The van der Waals surface area contributed by atoms with Crippen molar-refractivity contribution in [3.8, 4) is 0 Å². The molecule has 5 heteroatoms. The molecular weight excluding hydrogens is 232 g/mol. The van der Waals surface area contributed by atoms with E-state index in [1.165, 1.54) is 0 Å². The highest BCUT2D eigenvalue weighted by Crippen LogP contribution is 2.30. The molecule has 0 aromatic rings. The van der Waals surface area contributed by atoms with E-state index >= 15 is 0 Å². The maximum Gasteiger partial charge on any atom is 0.242 e. The number of amides is 1. The average molecular weight is 256 g/mol. The van der Waals surface area contributed by atoms with Crippen LogP contribution in [0.3, 0.4) is 0 Å². The summed E-state index contributed by atoms with van der Waals surface area (Å²) in [6.45, 7) is 1.48. The number of hydrogen-bond acceptors (Lipinski definition) is 4. The third-order valence-electron chi connectivity index (χ3n) is 4.22. The highest BCUT2D eigenvalue weighted by atomic mass is 16.5. The number of aliphatic hydroxyl groups is 1. The Balaban J connectivity index is 1.94. The molecule has 2 fully saturated rings. The van der Waals surface area contributed by atoms with E-state index in [2.05, 4.69) is 0 Å². The molecule has 1 heterocycles. The Bertz CT molecular complexity index is 307. The number of rotatable bonds is 3. The summed E-state index contributed by atoms with van der Waals surface area (Å²) in [5.74, 6) is -0.0279. The van der Waals surface area contributed by atoms with Gasteiger partial charge in [-0.2, -0.15) is 0 Å². The van der Waals surface area contributed by atoms with Crippen LogP contribution in [0.25, 0.3) is 0 Å². The predicted octanol–water partition coefficient (Wildman–Crippen LogP) is 0.258. The lowest BCUT2D eigenvalue weighted by molar-refractivity contribution is -0.142. The minimum Gasteiger partial charge on any atom is -0.388 e. The molecule has 18 heavy (non-hydrogen) atoms. The van der Waals surface area contributed by atoms with Gasteiger partial charge in [-0.15, -0.1) is 0 Å². The van der Waals surface area contributed by atoms with Crippen LogP contribution < -0.4 is 5.73 Å². The van der Waals surface area contributed by atoms with Crippen LogP contribution in [0.15, 0.2) is 0 Å². The third kappa shape index (κ3) is 2.84. The van der Waals surface area contributed by atoms with Crippen molar-refractivity contribution >= 4 is 5.91 Å². The monoisotopic (exact) mass is 256 g/mol. The van der Waals surface area contributed by atoms with E-state index in [9.17, 15) is 9.90 Å². The molecule has 1 aliphatic carbocycles. The highest BCUT2D eigenvalue weighted by Gasteiger charge is 2.41. The van der Waals surface area contributed by atoms with E-state index in [0.29, 0.717) is 32.6 Å². The van der Waals surface area contributed by atoms with Crippen LogP contribution >= 0.6 is 0 Å². The molecular formula is C13H24N2O3. The van der Waals surface area contributed by atoms with E-state index in [1.807, 2.05) is 0 Å². The third-order valence-corrected chi connectivity index (χ3v) is 4.22. The quantitative estimate of drug-likeness (QED) is 0.759. The van der Waals surface area contributed by atoms with Gasteiger partial charge in [0, 0.05) is 39.6 Å². The van der Waals surface area contributed by atoms with E-state index in [1.54, 1.807) is 11.9 Å². The summed E-state index contributed by atoms with van der Waals surface area (Å²) in [6, 6.07) is 0. The van der Waals surface area contributed by atoms with Gasteiger partial charge in [-0.3, -0.25) is 4.79 Å². The zero-order chi connectivity index (χ0) is 13.2. The van der Waals surface area contributed by atoms with Gasteiger partial charge in [0.2, 0.25) is 5.91 Å². The Morgan fingerprint density at radius 2 is 1.83 bits per heavy atom. The maximum absolute atomic E-state index is 12.3. The van der Waals surface area contributed by atoms with Crippen LogP contribution in [0.4, 0.5) is 0 Å². The Labute approximate surface area is 108 Å². The lowest BCUT2D eigenvalue weighted by atomic mass is 9.92. The van der Waals surface area contributed by atoms with Gasteiger partial charge < -0.3 is 20.5 Å². The van der Waals surface area contributed by atoms with Crippen molar-refractivity contribution in [1.82, 2.24) is 4.90 Å². The zero-order valence-electron chi connectivity index (χ0n) is 11.2. The number of likely N-dealkylation sites (N-methyl/N-ethyl adjacent to an activating group) is 1. The second-order valence-corrected chi connectivity index (χ2v) is 5.86. The van der Waals surface area contributed by atoms with Crippen molar-refractivity contribution in [2.24, 2.45) is 5.73 Å². The largest absolute Gasteiger partial charge is 0.388 e. The summed E-state index contributed by atoms with van der Waals surface area (Å²) in [6.07, 6.45) is 4.74. The number of carbonyl (C=O) groups is 1. The van der Waals surface area contributed by atoms with Gasteiger partial charge in [0.25, 0.3) is 0 Å². The molecule has 1 saturated heterocycles. The van der Waals surface area contributed by atoms with Gasteiger partial charge >= 0.3 is 0 Å². The van der Waals surface area contributed by atoms with Gasteiger partial charge in [-0.25, -0.2) is 0 Å². The molecule has 3 N–H and O–H groups in total. The fraction of sp³-hybridized carbons (Fsp3) is 0.923. The van der Waals surface area contributed by atoms with Crippen molar-refractivity contribution in [3.05, 3.63) is 0 Å². The molecule has 0 spiro atoms. The topological polar surface area (TPSA) is 75.8 Å². The molecule has 0 aromatic heterocycles. The van der Waals surface area contributed by atoms with Crippen LogP contribution in [-0.4, -0.2) is 53.9 Å². The minimum absolute atomic E-state index is 0.0279. The Kier molecular flexibility index (Phi) is 3.94. The maximum atomic E-state index is 12.3. The SMILES string of the molecule is CN(CC1(O)CCOCC1)C(=O)C1(N)CCCC1. The highest BCUT2D eigenvalue weighted by molar-refractivity contribution is 5.86. The molecule has 1 saturated carbocycles. The summed E-state index contributed by atoms with van der Waals surface area (Å²) in [5.41, 5.74) is 4.65. The first kappa shape index (κ1) is 13.8. The van der Waals surface area contributed by atoms with Crippen molar-refractivity contribution in [3.63, 3.8) is 0 Å². The van der Waals surface area contributed by atoms with Gasteiger partial charge in [-0.1, -0.05) is 12.8 Å². The minimum atomic E-state index is -0.808. The zero-order valence-corrected chi connectivity index (χ0v) is 11.2. The Morgan fingerprint density at radius 3 is 2.39 bits per heavy atom. The van der Waals surface area contributed by atoms with E-state index < -0.39 is 11.1 Å². The normalized spacial score (nSPS) is 25.9. The van der Waals surface area contributed by atoms with Crippen molar-refractivity contribution < 1.29 is 14.6 Å². The van der Waals surface area contributed by atoms with E-state index in [4.69, 9.17) is 10.5 Å². The smallest absolute Gasteiger partial charge is 0.242 e. The summed E-state index contributed by atoms with van der Waals surface area (Å²) >= 11 is 0. The second-order valence-electron chi connectivity index (χ2n) is 5.86. The molecule has 0 aromatic carbocycles. The standard InChI is InChI=1S/C13H24N2O3/c1-15(10-12(17)6-8-18-9-7-12)11(16)13(14)4-2-3-5-13/h17H,2-10,14H2,1H3. The molecule has 2 rings (SSSR count). The van der Waals surface area contributed by atoms with Gasteiger partial charge in [-0.05, 0) is 12.8 Å². The van der Waals surface area contributed by atoms with Gasteiger partial charge in [0.05, 0.1) is 11.1 Å². The predicted molar refractivity (Wildman–Crippen MR) is 68.0 cm³/mol. The van der Waals surface area contributed by atoms with Crippen molar-refractivity contribution in [2.75, 3.05) is 26.8 Å². The molecule has 1 amide bonds. The number of ether oxygens (including phenoxy) is 1. The second kappa shape index (κ2) is 5.15. The number of carbonyl (C=O) groups excluding carboxylic acids is 1. The number of hydrogen-bond donors (Lipinski definition) is 2. The lowest BCUT2D eigenvalue weighted by Gasteiger charge is -2.37. The number of nitrogens with zero attached hydrogens (tertiary/aromatic N) is 1. The van der Waals surface area contributed by atoms with Gasteiger partial charge in [0.15, 0.2) is 0 Å². The summed E-state index contributed by atoms with van der Waals surface area (Å²) in [7, 11) is 1.74. The first-order chi connectivity index (χ1) is 8.45. The van der Waals surface area contributed by atoms with Crippen LogP contribution in [0.1, 0.15) is 38.5 Å². The van der Waals surface area contributed by atoms with Crippen molar-refractivity contribution in [2.45, 2.75) is 49.7 Å².